The molecule has 1 fully saturated rings. The maximum absolute atomic E-state index is 11.3. The molecule has 0 spiro atoms. The van der Waals surface area contributed by atoms with E-state index in [0.29, 0.717) is 5.57 Å². The first kappa shape index (κ1) is 11.3. The predicted octanol–water partition coefficient (Wildman–Crippen LogP) is -0.465. The minimum absolute atomic E-state index is 0.112. The number of cyclic esters (lactones) is 1. The minimum atomic E-state index is -0.883. The van der Waals surface area contributed by atoms with Gasteiger partial charge in [-0.25, -0.2) is 4.79 Å². The van der Waals surface area contributed by atoms with Gasteiger partial charge in [-0.3, -0.25) is 0 Å². The van der Waals surface area contributed by atoms with Crippen LogP contribution in [0.1, 0.15) is 6.92 Å². The van der Waals surface area contributed by atoms with Crippen LogP contribution in [-0.4, -0.2) is 47.2 Å². The van der Waals surface area contributed by atoms with Crippen molar-refractivity contribution in [1.29, 1.82) is 0 Å². The molecule has 0 bridgehead atoms. The Labute approximate surface area is 93.0 Å². The fourth-order valence-electron chi connectivity index (χ4n) is 1.90. The van der Waals surface area contributed by atoms with Gasteiger partial charge in [0.15, 0.2) is 0 Å². The molecular formula is C11H14O5. The molecule has 0 aromatic carbocycles. The molecule has 2 aliphatic rings. The van der Waals surface area contributed by atoms with Gasteiger partial charge < -0.3 is 19.7 Å². The van der Waals surface area contributed by atoms with Gasteiger partial charge in [0.05, 0.1) is 12.2 Å². The quantitative estimate of drug-likeness (QED) is 0.492. The Morgan fingerprint density at radius 2 is 2.31 bits per heavy atom. The largest absolute Gasteiger partial charge is 0.456 e. The van der Waals surface area contributed by atoms with Gasteiger partial charge in [-0.15, -0.1) is 0 Å². The summed E-state index contributed by atoms with van der Waals surface area (Å²) >= 11 is 0. The second kappa shape index (κ2) is 4.37. The van der Waals surface area contributed by atoms with Crippen molar-refractivity contribution < 1.29 is 24.5 Å². The Morgan fingerprint density at radius 3 is 3.00 bits per heavy atom. The average Bonchev–Trinajstić information content (AvgIpc) is 2.51. The van der Waals surface area contributed by atoms with Gasteiger partial charge in [-0.05, 0) is 13.0 Å². The van der Waals surface area contributed by atoms with E-state index < -0.39 is 24.3 Å². The van der Waals surface area contributed by atoms with Crippen molar-refractivity contribution in [3.63, 3.8) is 0 Å². The smallest absolute Gasteiger partial charge is 0.336 e. The Balaban J connectivity index is 2.19. The van der Waals surface area contributed by atoms with Crippen molar-refractivity contribution in [2.24, 2.45) is 0 Å². The molecule has 0 amide bonds. The molecule has 88 valence electrons. The van der Waals surface area contributed by atoms with Gasteiger partial charge in [0.25, 0.3) is 0 Å². The van der Waals surface area contributed by atoms with Crippen LogP contribution in [0.15, 0.2) is 23.8 Å². The Kier molecular flexibility index (Phi) is 3.09. The van der Waals surface area contributed by atoms with E-state index in [9.17, 15) is 9.90 Å². The number of ether oxygens (including phenoxy) is 2. The lowest BCUT2D eigenvalue weighted by Crippen LogP contribution is -2.38. The third-order valence-corrected chi connectivity index (χ3v) is 2.68. The van der Waals surface area contributed by atoms with Crippen LogP contribution in [0.2, 0.25) is 0 Å². The van der Waals surface area contributed by atoms with Crippen LogP contribution in [0, 0.1) is 0 Å². The summed E-state index contributed by atoms with van der Waals surface area (Å²) in [7, 11) is 0. The highest BCUT2D eigenvalue weighted by Gasteiger charge is 2.43. The summed E-state index contributed by atoms with van der Waals surface area (Å²) in [4.78, 5) is 11.3. The number of hydrogen-bond donors (Lipinski definition) is 2. The third-order valence-electron chi connectivity index (χ3n) is 2.68. The number of rotatable bonds is 2. The number of esters is 1. The van der Waals surface area contributed by atoms with Crippen LogP contribution in [0.3, 0.4) is 0 Å². The maximum Gasteiger partial charge on any atom is 0.336 e. The predicted molar refractivity (Wildman–Crippen MR) is 54.5 cm³/mol. The highest BCUT2D eigenvalue weighted by atomic mass is 16.6. The van der Waals surface area contributed by atoms with E-state index in [0.717, 1.165) is 0 Å². The van der Waals surface area contributed by atoms with Crippen LogP contribution in [0.5, 0.6) is 0 Å². The average molecular weight is 226 g/mol. The topological polar surface area (TPSA) is 76.0 Å². The van der Waals surface area contributed by atoms with E-state index in [4.69, 9.17) is 14.6 Å². The fourth-order valence-corrected chi connectivity index (χ4v) is 1.90. The van der Waals surface area contributed by atoms with E-state index in [1.165, 1.54) is 12.2 Å². The molecule has 0 saturated carbocycles. The molecule has 0 aliphatic carbocycles. The first-order chi connectivity index (χ1) is 7.63. The number of aliphatic hydroxyl groups excluding tert-OH is 2. The molecule has 16 heavy (non-hydrogen) atoms. The van der Waals surface area contributed by atoms with E-state index in [2.05, 4.69) is 0 Å². The first-order valence-electron chi connectivity index (χ1n) is 5.17. The molecule has 0 aromatic rings. The van der Waals surface area contributed by atoms with Gasteiger partial charge in [-0.2, -0.15) is 0 Å². The van der Waals surface area contributed by atoms with Crippen LogP contribution in [-0.2, 0) is 14.3 Å². The van der Waals surface area contributed by atoms with Crippen LogP contribution in [0.4, 0.5) is 0 Å². The summed E-state index contributed by atoms with van der Waals surface area (Å²) in [5.74, 6) is -0.430. The third kappa shape index (κ3) is 1.89. The van der Waals surface area contributed by atoms with Crippen LogP contribution < -0.4 is 0 Å². The van der Waals surface area contributed by atoms with Crippen molar-refractivity contribution in [1.82, 2.24) is 0 Å². The molecule has 1 saturated heterocycles. The Hall–Kier alpha value is -1.17. The molecular weight excluding hydrogens is 212 g/mol. The van der Waals surface area contributed by atoms with Gasteiger partial charge >= 0.3 is 5.97 Å². The lowest BCUT2D eigenvalue weighted by molar-refractivity contribution is -0.139. The molecule has 5 nitrogen and oxygen atoms in total. The number of carbonyl (C=O) groups excluding carboxylic acids is 1. The maximum atomic E-state index is 11.3. The SMILES string of the molecule is C[C@@H]1OC(=O)C2=C[C@@H](O)[C@@H](/C=C/CO)O[C@@H]21. The van der Waals surface area contributed by atoms with E-state index in [1.807, 2.05) is 0 Å². The van der Waals surface area contributed by atoms with Gasteiger partial charge in [0.1, 0.15) is 24.4 Å². The van der Waals surface area contributed by atoms with Crippen molar-refractivity contribution in [3.05, 3.63) is 23.8 Å². The number of fused-ring (bicyclic) bond motifs is 1. The van der Waals surface area contributed by atoms with E-state index in [1.54, 1.807) is 13.0 Å². The fraction of sp³-hybridized carbons (Fsp3) is 0.545. The molecule has 5 heteroatoms. The number of aliphatic hydroxyl groups is 2. The molecule has 0 aromatic heterocycles. The second-order valence-corrected chi connectivity index (χ2v) is 3.86. The van der Waals surface area contributed by atoms with Gasteiger partial charge in [-0.1, -0.05) is 12.2 Å². The number of hydrogen-bond acceptors (Lipinski definition) is 5. The van der Waals surface area contributed by atoms with Gasteiger partial charge in [0.2, 0.25) is 0 Å². The highest BCUT2D eigenvalue weighted by Crippen LogP contribution is 2.30. The molecule has 0 unspecified atom stereocenters. The van der Waals surface area contributed by atoms with Crippen molar-refractivity contribution in [3.8, 4) is 0 Å². The number of carbonyl (C=O) groups is 1. The van der Waals surface area contributed by atoms with Crippen molar-refractivity contribution >= 4 is 5.97 Å². The summed E-state index contributed by atoms with van der Waals surface area (Å²) in [5, 5.41) is 18.4. The summed E-state index contributed by atoms with van der Waals surface area (Å²) in [5.41, 5.74) is 0.383. The zero-order chi connectivity index (χ0) is 11.7. The molecule has 0 radical (unpaired) electrons. The van der Waals surface area contributed by atoms with E-state index in [-0.39, 0.29) is 12.7 Å². The first-order valence-corrected chi connectivity index (χ1v) is 5.17. The second-order valence-electron chi connectivity index (χ2n) is 3.86. The molecule has 2 rings (SSSR count). The highest BCUT2D eigenvalue weighted by molar-refractivity contribution is 5.92. The Morgan fingerprint density at radius 1 is 1.56 bits per heavy atom. The Bertz CT molecular complexity index is 346. The zero-order valence-corrected chi connectivity index (χ0v) is 8.87. The summed E-state index contributed by atoms with van der Waals surface area (Å²) in [6.45, 7) is 1.63. The molecule has 2 heterocycles. The van der Waals surface area contributed by atoms with Gasteiger partial charge in [0, 0.05) is 0 Å². The zero-order valence-electron chi connectivity index (χ0n) is 8.87. The lowest BCUT2D eigenvalue weighted by atomic mass is 9.99. The lowest BCUT2D eigenvalue weighted by Gasteiger charge is -2.28. The summed E-state index contributed by atoms with van der Waals surface area (Å²) < 4.78 is 10.5. The summed E-state index contributed by atoms with van der Waals surface area (Å²) in [6, 6.07) is 0. The summed E-state index contributed by atoms with van der Waals surface area (Å²) in [6.07, 6.45) is 2.35. The molecule has 2 aliphatic heterocycles. The van der Waals surface area contributed by atoms with Crippen LogP contribution in [0.25, 0.3) is 0 Å². The standard InChI is InChI=1S/C11H14O5/c1-6-10-7(11(14)15-6)5-8(13)9(16-10)3-2-4-12/h2-3,5-6,8-10,12-13H,4H2,1H3/b3-2+/t6-,8+,9+,10+/m0/s1. The van der Waals surface area contributed by atoms with Crippen molar-refractivity contribution in [2.75, 3.05) is 6.61 Å². The van der Waals surface area contributed by atoms with Crippen molar-refractivity contribution in [2.45, 2.75) is 31.3 Å². The minimum Gasteiger partial charge on any atom is -0.456 e. The molecule has 4 atom stereocenters. The monoisotopic (exact) mass is 226 g/mol. The normalized spacial score (nSPS) is 38.4. The van der Waals surface area contributed by atoms with E-state index >= 15 is 0 Å². The van der Waals surface area contributed by atoms with Crippen LogP contribution >= 0.6 is 0 Å². The molecule has 2 N–H and O–H groups in total.